The fraction of sp³-hybridized carbons (Fsp3) is 0. The van der Waals surface area contributed by atoms with Gasteiger partial charge in [0.15, 0.2) is 0 Å². The van der Waals surface area contributed by atoms with E-state index in [0.29, 0.717) is 5.88 Å². The van der Waals surface area contributed by atoms with Gasteiger partial charge in [-0.15, -0.1) is 5.10 Å². The van der Waals surface area contributed by atoms with Gasteiger partial charge < -0.3 is 4.74 Å². The molecule has 21 heavy (non-hydrogen) atoms. The molecule has 0 saturated carbocycles. The van der Waals surface area contributed by atoms with E-state index >= 15 is 0 Å². The molecule has 0 N–H and O–H groups in total. The molecular formula is C18H12N2O. The number of rotatable bonds is 2. The van der Waals surface area contributed by atoms with Crippen molar-refractivity contribution in [3.05, 3.63) is 72.9 Å². The largest absolute Gasteiger partial charge is 0.437 e. The first-order valence-corrected chi connectivity index (χ1v) is 6.77. The SMILES string of the molecule is c1ccc2cc(Oc3nncc4ccccc34)ccc2c1. The van der Waals surface area contributed by atoms with E-state index in [2.05, 4.69) is 22.3 Å². The van der Waals surface area contributed by atoms with Gasteiger partial charge in [-0.2, -0.15) is 5.10 Å². The summed E-state index contributed by atoms with van der Waals surface area (Å²) in [7, 11) is 0. The Morgan fingerprint density at radius 1 is 0.714 bits per heavy atom. The fourth-order valence-electron chi connectivity index (χ4n) is 2.42. The third-order valence-corrected chi connectivity index (χ3v) is 3.47. The monoisotopic (exact) mass is 272 g/mol. The maximum Gasteiger partial charge on any atom is 0.246 e. The van der Waals surface area contributed by atoms with Gasteiger partial charge in [-0.05, 0) is 29.0 Å². The zero-order chi connectivity index (χ0) is 14.1. The molecule has 0 aliphatic heterocycles. The van der Waals surface area contributed by atoms with Gasteiger partial charge >= 0.3 is 0 Å². The molecule has 1 aromatic heterocycles. The van der Waals surface area contributed by atoms with E-state index in [0.717, 1.165) is 21.9 Å². The molecule has 0 spiro atoms. The Balaban J connectivity index is 1.79. The zero-order valence-corrected chi connectivity index (χ0v) is 11.2. The van der Waals surface area contributed by atoms with Gasteiger partial charge in [0.25, 0.3) is 0 Å². The van der Waals surface area contributed by atoms with Gasteiger partial charge in [0.2, 0.25) is 5.88 Å². The summed E-state index contributed by atoms with van der Waals surface area (Å²) < 4.78 is 5.93. The topological polar surface area (TPSA) is 35.0 Å². The Labute approximate surface area is 121 Å². The van der Waals surface area contributed by atoms with E-state index in [1.807, 2.05) is 54.6 Å². The summed E-state index contributed by atoms with van der Waals surface area (Å²) in [6, 6.07) is 22.1. The molecule has 0 saturated heterocycles. The van der Waals surface area contributed by atoms with Crippen LogP contribution in [-0.2, 0) is 0 Å². The van der Waals surface area contributed by atoms with Crippen molar-refractivity contribution in [2.24, 2.45) is 0 Å². The summed E-state index contributed by atoms with van der Waals surface area (Å²) in [6.45, 7) is 0. The van der Waals surface area contributed by atoms with Crippen molar-refractivity contribution in [1.29, 1.82) is 0 Å². The van der Waals surface area contributed by atoms with Gasteiger partial charge in [-0.25, -0.2) is 0 Å². The van der Waals surface area contributed by atoms with Crippen LogP contribution in [0.2, 0.25) is 0 Å². The molecule has 0 bridgehead atoms. The van der Waals surface area contributed by atoms with Crippen LogP contribution in [0.4, 0.5) is 0 Å². The normalized spacial score (nSPS) is 10.9. The lowest BCUT2D eigenvalue weighted by atomic mass is 10.1. The molecule has 0 radical (unpaired) electrons. The van der Waals surface area contributed by atoms with Crippen molar-refractivity contribution in [2.45, 2.75) is 0 Å². The Bertz CT molecular complexity index is 929. The fourth-order valence-corrected chi connectivity index (χ4v) is 2.42. The summed E-state index contributed by atoms with van der Waals surface area (Å²) in [5.41, 5.74) is 0. The maximum atomic E-state index is 5.93. The first-order valence-electron chi connectivity index (χ1n) is 6.77. The second-order valence-electron chi connectivity index (χ2n) is 4.85. The van der Waals surface area contributed by atoms with Crippen molar-refractivity contribution in [2.75, 3.05) is 0 Å². The Kier molecular flexibility index (Phi) is 2.75. The van der Waals surface area contributed by atoms with Gasteiger partial charge in [-0.3, -0.25) is 0 Å². The second kappa shape index (κ2) is 4.87. The third-order valence-electron chi connectivity index (χ3n) is 3.47. The standard InChI is InChI=1S/C18H12N2O/c1-2-6-14-11-16(10-9-13(14)5-1)21-18-17-8-4-3-7-15(17)12-19-20-18/h1-12H. The molecule has 0 aliphatic carbocycles. The molecule has 3 aromatic carbocycles. The van der Waals surface area contributed by atoms with Crippen LogP contribution >= 0.6 is 0 Å². The predicted molar refractivity (Wildman–Crippen MR) is 83.6 cm³/mol. The number of nitrogens with zero attached hydrogens (tertiary/aromatic N) is 2. The Morgan fingerprint density at radius 2 is 1.48 bits per heavy atom. The quantitative estimate of drug-likeness (QED) is 0.536. The molecular weight excluding hydrogens is 260 g/mol. The van der Waals surface area contributed by atoms with Gasteiger partial charge in [0, 0.05) is 10.8 Å². The number of aromatic nitrogens is 2. The number of hydrogen-bond acceptors (Lipinski definition) is 3. The van der Waals surface area contributed by atoms with Gasteiger partial charge in [0.1, 0.15) is 5.75 Å². The van der Waals surface area contributed by atoms with Crippen LogP contribution < -0.4 is 4.74 Å². The molecule has 0 aliphatic rings. The minimum absolute atomic E-state index is 0.531. The van der Waals surface area contributed by atoms with E-state index in [4.69, 9.17) is 4.74 Å². The lowest BCUT2D eigenvalue weighted by molar-refractivity contribution is 0.462. The van der Waals surface area contributed by atoms with E-state index in [1.54, 1.807) is 6.20 Å². The van der Waals surface area contributed by atoms with Crippen LogP contribution in [-0.4, -0.2) is 10.2 Å². The molecule has 4 aromatic rings. The van der Waals surface area contributed by atoms with Crippen molar-refractivity contribution < 1.29 is 4.74 Å². The maximum absolute atomic E-state index is 5.93. The predicted octanol–water partition coefficient (Wildman–Crippen LogP) is 4.58. The molecule has 3 nitrogen and oxygen atoms in total. The molecule has 0 unspecified atom stereocenters. The number of ether oxygens (including phenoxy) is 1. The number of hydrogen-bond donors (Lipinski definition) is 0. The highest BCUT2D eigenvalue weighted by molar-refractivity contribution is 5.87. The first-order chi connectivity index (χ1) is 10.4. The van der Waals surface area contributed by atoms with E-state index in [-0.39, 0.29) is 0 Å². The van der Waals surface area contributed by atoms with Crippen LogP contribution in [0.15, 0.2) is 72.9 Å². The van der Waals surface area contributed by atoms with Crippen LogP contribution in [0.5, 0.6) is 11.6 Å². The minimum Gasteiger partial charge on any atom is -0.437 e. The van der Waals surface area contributed by atoms with Gasteiger partial charge in [-0.1, -0.05) is 48.5 Å². The molecule has 100 valence electrons. The van der Waals surface area contributed by atoms with Crippen LogP contribution in [0.25, 0.3) is 21.5 Å². The highest BCUT2D eigenvalue weighted by atomic mass is 16.5. The first kappa shape index (κ1) is 11.9. The average molecular weight is 272 g/mol. The zero-order valence-electron chi connectivity index (χ0n) is 11.2. The van der Waals surface area contributed by atoms with Crippen molar-refractivity contribution in [1.82, 2.24) is 10.2 Å². The van der Waals surface area contributed by atoms with E-state index in [9.17, 15) is 0 Å². The Hall–Kier alpha value is -2.94. The second-order valence-corrected chi connectivity index (χ2v) is 4.85. The number of fused-ring (bicyclic) bond motifs is 2. The van der Waals surface area contributed by atoms with Crippen LogP contribution in [0.3, 0.4) is 0 Å². The van der Waals surface area contributed by atoms with E-state index in [1.165, 1.54) is 5.39 Å². The van der Waals surface area contributed by atoms with Crippen LogP contribution in [0, 0.1) is 0 Å². The van der Waals surface area contributed by atoms with Crippen molar-refractivity contribution >= 4 is 21.5 Å². The lowest BCUT2D eigenvalue weighted by Crippen LogP contribution is -1.91. The smallest absolute Gasteiger partial charge is 0.246 e. The molecule has 4 rings (SSSR count). The highest BCUT2D eigenvalue weighted by Gasteiger charge is 2.06. The van der Waals surface area contributed by atoms with Crippen molar-refractivity contribution in [3.63, 3.8) is 0 Å². The van der Waals surface area contributed by atoms with Crippen molar-refractivity contribution in [3.8, 4) is 11.6 Å². The summed E-state index contributed by atoms with van der Waals surface area (Å²) in [5.74, 6) is 1.29. The molecule has 1 heterocycles. The minimum atomic E-state index is 0.531. The molecule has 3 heteroatoms. The Morgan fingerprint density at radius 3 is 2.38 bits per heavy atom. The van der Waals surface area contributed by atoms with Gasteiger partial charge in [0.05, 0.1) is 6.20 Å². The highest BCUT2D eigenvalue weighted by Crippen LogP contribution is 2.28. The molecule has 0 fully saturated rings. The lowest BCUT2D eigenvalue weighted by Gasteiger charge is -2.07. The number of benzene rings is 3. The molecule has 0 amide bonds. The van der Waals surface area contributed by atoms with Crippen LogP contribution in [0.1, 0.15) is 0 Å². The molecule has 0 atom stereocenters. The summed E-state index contributed by atoms with van der Waals surface area (Å²) in [6.07, 6.45) is 1.74. The average Bonchev–Trinajstić information content (AvgIpc) is 2.55. The third kappa shape index (κ3) is 2.19. The summed E-state index contributed by atoms with van der Waals surface area (Å²) >= 11 is 0. The van der Waals surface area contributed by atoms with E-state index < -0.39 is 0 Å². The summed E-state index contributed by atoms with van der Waals surface area (Å²) in [4.78, 5) is 0. The summed E-state index contributed by atoms with van der Waals surface area (Å²) in [5, 5.41) is 12.4.